The van der Waals surface area contributed by atoms with Gasteiger partial charge in [-0.1, -0.05) is 23.3 Å². The first-order valence-electron chi connectivity index (χ1n) is 3.24. The number of benzene rings is 1. The molecular formula is C6H5N4O2S-. The maximum absolute atomic E-state index is 10.3. The van der Waals surface area contributed by atoms with Crippen LogP contribution in [0.15, 0.2) is 29.4 Å². The first-order chi connectivity index (χ1) is 6.24. The topological polar surface area (TPSA) is 101 Å². The van der Waals surface area contributed by atoms with Crippen molar-refractivity contribution in [2.75, 3.05) is 4.72 Å². The Labute approximate surface area is 76.6 Å². The lowest BCUT2D eigenvalue weighted by Crippen LogP contribution is -2.01. The number of nitrogens with one attached hydrogen (secondary N) is 1. The standard InChI is InChI=1S/C6H6N4O2S/c7-10-8-5-3-1-2-4-6(5)9-13(11)12/h1-4,9H,(H,11,12)/p-1. The second kappa shape index (κ2) is 4.46. The lowest BCUT2D eigenvalue weighted by atomic mass is 10.3. The lowest BCUT2D eigenvalue weighted by Gasteiger charge is -2.09. The molecule has 7 heteroatoms. The zero-order valence-electron chi connectivity index (χ0n) is 6.38. The molecule has 0 heterocycles. The van der Waals surface area contributed by atoms with E-state index in [0.29, 0.717) is 0 Å². The highest BCUT2D eigenvalue weighted by Gasteiger charge is 1.96. The highest BCUT2D eigenvalue weighted by atomic mass is 32.2. The van der Waals surface area contributed by atoms with Gasteiger partial charge in [0.05, 0.1) is 11.4 Å². The third-order valence-electron chi connectivity index (χ3n) is 1.25. The molecule has 0 saturated heterocycles. The molecule has 0 aliphatic carbocycles. The average Bonchev–Trinajstić information content (AvgIpc) is 2.08. The van der Waals surface area contributed by atoms with Gasteiger partial charge in [-0.15, -0.1) is 0 Å². The fourth-order valence-corrected chi connectivity index (χ4v) is 1.14. The van der Waals surface area contributed by atoms with Crippen LogP contribution in [-0.4, -0.2) is 8.76 Å². The number of nitrogens with zero attached hydrogens (tertiary/aromatic N) is 3. The number of rotatable bonds is 3. The van der Waals surface area contributed by atoms with E-state index in [0.717, 1.165) is 0 Å². The number of para-hydroxylation sites is 1. The first kappa shape index (κ1) is 9.53. The highest BCUT2D eigenvalue weighted by molar-refractivity contribution is 7.80. The van der Waals surface area contributed by atoms with Gasteiger partial charge in [0, 0.05) is 16.2 Å². The molecule has 1 aromatic carbocycles. The Morgan fingerprint density at radius 1 is 1.54 bits per heavy atom. The second-order valence-electron chi connectivity index (χ2n) is 2.04. The summed E-state index contributed by atoms with van der Waals surface area (Å²) >= 11 is -2.41. The van der Waals surface area contributed by atoms with Gasteiger partial charge in [0.1, 0.15) is 0 Å². The van der Waals surface area contributed by atoms with Crippen LogP contribution in [0.3, 0.4) is 0 Å². The Kier molecular flexibility index (Phi) is 3.27. The first-order valence-corrected chi connectivity index (χ1v) is 4.31. The minimum Gasteiger partial charge on any atom is -0.755 e. The fourth-order valence-electron chi connectivity index (χ4n) is 0.785. The predicted octanol–water partition coefficient (Wildman–Crippen LogP) is 1.83. The zero-order valence-corrected chi connectivity index (χ0v) is 7.19. The lowest BCUT2D eigenvalue weighted by molar-refractivity contribution is 0.542. The Hall–Kier alpha value is -1.56. The molecule has 0 aliphatic rings. The van der Waals surface area contributed by atoms with Gasteiger partial charge in [0.25, 0.3) is 0 Å². The molecule has 0 saturated carbocycles. The van der Waals surface area contributed by atoms with Gasteiger partial charge in [-0.3, -0.25) is 4.21 Å². The minimum absolute atomic E-state index is 0.245. The van der Waals surface area contributed by atoms with Gasteiger partial charge in [0.2, 0.25) is 0 Å². The molecule has 0 bridgehead atoms. The van der Waals surface area contributed by atoms with Crippen molar-refractivity contribution in [3.8, 4) is 0 Å². The molecule has 0 fully saturated rings. The van der Waals surface area contributed by atoms with Crippen molar-refractivity contribution >= 4 is 22.6 Å². The molecule has 0 aromatic heterocycles. The van der Waals surface area contributed by atoms with E-state index in [1.165, 1.54) is 12.1 Å². The summed E-state index contributed by atoms with van der Waals surface area (Å²) in [5.41, 5.74) is 8.66. The zero-order chi connectivity index (χ0) is 9.68. The van der Waals surface area contributed by atoms with Gasteiger partial charge < -0.3 is 9.27 Å². The molecule has 6 nitrogen and oxygen atoms in total. The van der Waals surface area contributed by atoms with Crippen LogP contribution in [0.4, 0.5) is 11.4 Å². The van der Waals surface area contributed by atoms with Crippen molar-refractivity contribution in [2.24, 2.45) is 5.11 Å². The third-order valence-corrected chi connectivity index (χ3v) is 1.64. The molecule has 1 atom stereocenters. The normalized spacial score (nSPS) is 11.5. The molecule has 1 N–H and O–H groups in total. The molecule has 1 aromatic rings. The maximum atomic E-state index is 10.3. The Bertz CT molecular complexity index is 375. The number of azide groups is 1. The Morgan fingerprint density at radius 2 is 2.23 bits per heavy atom. The van der Waals surface area contributed by atoms with E-state index < -0.39 is 11.3 Å². The predicted molar refractivity (Wildman–Crippen MR) is 47.8 cm³/mol. The Morgan fingerprint density at radius 3 is 2.85 bits per heavy atom. The second-order valence-corrected chi connectivity index (χ2v) is 2.72. The smallest absolute Gasteiger partial charge is 0.0615 e. The molecule has 0 aliphatic heterocycles. The largest absolute Gasteiger partial charge is 0.755 e. The molecule has 68 valence electrons. The fraction of sp³-hybridized carbons (Fsp3) is 0. The summed E-state index contributed by atoms with van der Waals surface area (Å²) in [7, 11) is 0. The van der Waals surface area contributed by atoms with Crippen LogP contribution in [0.25, 0.3) is 10.4 Å². The van der Waals surface area contributed by atoms with E-state index in [2.05, 4.69) is 14.7 Å². The number of anilines is 1. The number of hydrogen-bond donors (Lipinski definition) is 1. The quantitative estimate of drug-likeness (QED) is 0.346. The molecule has 0 amide bonds. The minimum atomic E-state index is -2.41. The summed E-state index contributed by atoms with van der Waals surface area (Å²) in [4.78, 5) is 2.56. The summed E-state index contributed by atoms with van der Waals surface area (Å²) in [5.74, 6) is 0. The van der Waals surface area contributed by atoms with Crippen LogP contribution in [0, 0.1) is 0 Å². The third kappa shape index (κ3) is 2.75. The van der Waals surface area contributed by atoms with Gasteiger partial charge >= 0.3 is 0 Å². The highest BCUT2D eigenvalue weighted by Crippen LogP contribution is 2.24. The molecule has 0 spiro atoms. The van der Waals surface area contributed by atoms with Gasteiger partial charge in [-0.05, 0) is 11.6 Å². The monoisotopic (exact) mass is 197 g/mol. The number of hydrogen-bond acceptors (Lipinski definition) is 3. The molecular weight excluding hydrogens is 192 g/mol. The molecule has 1 rings (SSSR count). The van der Waals surface area contributed by atoms with Crippen molar-refractivity contribution in [1.29, 1.82) is 0 Å². The van der Waals surface area contributed by atoms with Crippen molar-refractivity contribution < 1.29 is 8.76 Å². The maximum Gasteiger partial charge on any atom is 0.0615 e. The van der Waals surface area contributed by atoms with E-state index in [1.807, 2.05) is 0 Å². The molecule has 0 radical (unpaired) electrons. The average molecular weight is 197 g/mol. The van der Waals surface area contributed by atoms with Crippen molar-refractivity contribution in [3.05, 3.63) is 34.7 Å². The van der Waals surface area contributed by atoms with E-state index >= 15 is 0 Å². The van der Waals surface area contributed by atoms with E-state index in [1.54, 1.807) is 12.1 Å². The van der Waals surface area contributed by atoms with Crippen LogP contribution >= 0.6 is 0 Å². The summed E-state index contributed by atoms with van der Waals surface area (Å²) < 4.78 is 22.7. The van der Waals surface area contributed by atoms with Gasteiger partial charge in [0.15, 0.2) is 0 Å². The van der Waals surface area contributed by atoms with Gasteiger partial charge in [-0.25, -0.2) is 0 Å². The van der Waals surface area contributed by atoms with E-state index in [-0.39, 0.29) is 11.4 Å². The van der Waals surface area contributed by atoms with E-state index in [4.69, 9.17) is 5.53 Å². The van der Waals surface area contributed by atoms with Crippen LogP contribution in [0.2, 0.25) is 0 Å². The summed E-state index contributed by atoms with van der Waals surface area (Å²) in [6.45, 7) is 0. The Balaban J connectivity index is 3.04. The summed E-state index contributed by atoms with van der Waals surface area (Å²) in [6, 6.07) is 6.28. The van der Waals surface area contributed by atoms with Crippen molar-refractivity contribution in [1.82, 2.24) is 0 Å². The van der Waals surface area contributed by atoms with Crippen LogP contribution in [0.5, 0.6) is 0 Å². The van der Waals surface area contributed by atoms with Crippen LogP contribution in [0.1, 0.15) is 0 Å². The SMILES string of the molecule is [N-]=[N+]=Nc1ccccc1NS(=O)[O-]. The van der Waals surface area contributed by atoms with Crippen LogP contribution in [-0.2, 0) is 11.3 Å². The van der Waals surface area contributed by atoms with E-state index in [9.17, 15) is 8.76 Å². The van der Waals surface area contributed by atoms with Crippen molar-refractivity contribution in [3.63, 3.8) is 0 Å². The summed E-state index contributed by atoms with van der Waals surface area (Å²) in [6.07, 6.45) is 0. The summed E-state index contributed by atoms with van der Waals surface area (Å²) in [5, 5.41) is 3.30. The van der Waals surface area contributed by atoms with Gasteiger partial charge in [-0.2, -0.15) is 0 Å². The van der Waals surface area contributed by atoms with Crippen molar-refractivity contribution in [2.45, 2.75) is 0 Å². The molecule has 1 unspecified atom stereocenters. The molecule has 13 heavy (non-hydrogen) atoms. The van der Waals surface area contributed by atoms with Crippen LogP contribution < -0.4 is 4.72 Å².